The smallest absolute Gasteiger partial charge is 0.748 e. The Hall–Kier alpha value is 1.51. The molecule has 6 heteroatoms. The van der Waals surface area contributed by atoms with Gasteiger partial charge in [-0.3, -0.25) is 0 Å². The molecule has 0 bridgehead atoms. The summed E-state index contributed by atoms with van der Waals surface area (Å²) in [6.45, 7) is 4.40. The fourth-order valence-corrected chi connectivity index (χ4v) is 4.74. The van der Waals surface area contributed by atoms with Crippen LogP contribution in [0.3, 0.4) is 0 Å². The summed E-state index contributed by atoms with van der Waals surface area (Å²) >= 11 is 0. The van der Waals surface area contributed by atoms with Gasteiger partial charge in [0.25, 0.3) is 0 Å². The number of hydrogen-bond acceptors (Lipinski definition) is 4. The second-order valence-corrected chi connectivity index (χ2v) is 10.2. The number of unbranched alkanes of at least 4 members (excludes halogenated alkanes) is 12. The molecule has 170 valence electrons. The van der Waals surface area contributed by atoms with Gasteiger partial charge in [-0.2, -0.15) is 0 Å². The maximum atomic E-state index is 11.5. The van der Waals surface area contributed by atoms with Gasteiger partial charge in [-0.1, -0.05) is 104 Å². The first-order valence-electron chi connectivity index (χ1n) is 12.0. The zero-order chi connectivity index (χ0) is 21.1. The molecule has 0 heterocycles. The van der Waals surface area contributed by atoms with Crippen LogP contribution in [0.2, 0.25) is 0 Å². The van der Waals surface area contributed by atoms with E-state index in [4.69, 9.17) is 0 Å². The molecule has 0 aliphatic heterocycles. The van der Waals surface area contributed by atoms with Crippen LogP contribution in [-0.4, -0.2) is 29.4 Å². The van der Waals surface area contributed by atoms with Crippen molar-refractivity contribution in [1.29, 1.82) is 0 Å². The van der Waals surface area contributed by atoms with Crippen LogP contribution < -0.4 is 51.4 Å². The van der Waals surface area contributed by atoms with Crippen LogP contribution in [0.15, 0.2) is 0 Å². The number of hydrogen-bond donors (Lipinski definition) is 1. The minimum atomic E-state index is -4.23. The largest absolute Gasteiger partial charge is 1.00 e. The van der Waals surface area contributed by atoms with Gasteiger partial charge in [-0.15, -0.1) is 0 Å². The zero-order valence-corrected chi connectivity index (χ0v) is 23.6. The maximum Gasteiger partial charge on any atom is 1.00 e. The van der Waals surface area contributed by atoms with Crippen molar-refractivity contribution in [3.05, 3.63) is 0 Å². The zero-order valence-electron chi connectivity index (χ0n) is 19.7. The van der Waals surface area contributed by atoms with E-state index in [1.807, 2.05) is 0 Å². The van der Waals surface area contributed by atoms with Crippen molar-refractivity contribution in [2.24, 2.45) is 0 Å². The average Bonchev–Trinajstić information content (AvgIpc) is 2.64. The van der Waals surface area contributed by atoms with Crippen molar-refractivity contribution in [3.63, 3.8) is 0 Å². The third-order valence-electron chi connectivity index (χ3n) is 5.74. The van der Waals surface area contributed by atoms with Crippen molar-refractivity contribution < 1.29 is 69.5 Å². The van der Waals surface area contributed by atoms with Gasteiger partial charge in [-0.05, 0) is 32.1 Å². The topological polar surface area (TPSA) is 77.4 Å². The predicted molar refractivity (Wildman–Crippen MR) is 119 cm³/mol. The van der Waals surface area contributed by atoms with Gasteiger partial charge in [0.15, 0.2) is 0 Å². The molecule has 0 saturated carbocycles. The summed E-state index contributed by atoms with van der Waals surface area (Å²) in [5.74, 6) is 0. The van der Waals surface area contributed by atoms with Crippen LogP contribution in [0.1, 0.15) is 136 Å². The normalized spacial score (nSPS) is 13.8. The molecule has 2 unspecified atom stereocenters. The number of aliphatic hydroxyl groups excluding tert-OH is 1. The molecule has 1 N–H and O–H groups in total. The monoisotopic (exact) mass is 458 g/mol. The molecule has 0 saturated heterocycles. The molecular formula is C23H47KO4S. The standard InChI is InChI=1S/C23H48O4S.K/c1-3-5-7-9-11-12-13-15-18-22(24)19-17-21-23(28(25,26)27)20-16-14-10-8-6-4-2;/h22-24H,3-21H2,1-2H3,(H,25,26,27);/q;+1/p-1. The molecule has 29 heavy (non-hydrogen) atoms. The molecule has 0 aliphatic carbocycles. The van der Waals surface area contributed by atoms with Gasteiger partial charge >= 0.3 is 51.4 Å². The Morgan fingerprint density at radius 3 is 1.41 bits per heavy atom. The van der Waals surface area contributed by atoms with Crippen LogP contribution in [-0.2, 0) is 10.1 Å². The average molecular weight is 459 g/mol. The summed E-state index contributed by atoms with van der Waals surface area (Å²) in [4.78, 5) is 0. The Balaban J connectivity index is 0. The van der Waals surface area contributed by atoms with E-state index in [0.717, 1.165) is 32.1 Å². The van der Waals surface area contributed by atoms with E-state index in [-0.39, 0.29) is 57.5 Å². The third kappa shape index (κ3) is 22.5. The molecule has 0 spiro atoms. The van der Waals surface area contributed by atoms with Gasteiger partial charge in [-0.25, -0.2) is 8.42 Å². The maximum absolute atomic E-state index is 11.5. The van der Waals surface area contributed by atoms with Crippen LogP contribution in [0.25, 0.3) is 0 Å². The predicted octanol–water partition coefficient (Wildman–Crippen LogP) is 3.72. The van der Waals surface area contributed by atoms with Crippen molar-refractivity contribution in [1.82, 2.24) is 0 Å². The van der Waals surface area contributed by atoms with Crippen molar-refractivity contribution in [3.8, 4) is 0 Å². The molecule has 2 atom stereocenters. The fraction of sp³-hybridized carbons (Fsp3) is 1.00. The van der Waals surface area contributed by atoms with E-state index >= 15 is 0 Å². The summed E-state index contributed by atoms with van der Waals surface area (Å²) in [5, 5.41) is 9.34. The van der Waals surface area contributed by atoms with E-state index in [0.29, 0.717) is 25.7 Å². The Morgan fingerprint density at radius 1 is 0.621 bits per heavy atom. The molecule has 0 radical (unpaired) electrons. The van der Waals surface area contributed by atoms with Gasteiger partial charge in [0.1, 0.15) is 0 Å². The molecular weight excluding hydrogens is 411 g/mol. The number of aliphatic hydroxyl groups is 1. The first-order valence-corrected chi connectivity index (χ1v) is 13.5. The Labute approximate surface area is 224 Å². The van der Waals surface area contributed by atoms with Gasteiger partial charge < -0.3 is 9.66 Å². The van der Waals surface area contributed by atoms with E-state index in [2.05, 4.69) is 13.8 Å². The Bertz CT molecular complexity index is 429. The summed E-state index contributed by atoms with van der Waals surface area (Å²) in [6, 6.07) is 0. The van der Waals surface area contributed by atoms with Crippen LogP contribution >= 0.6 is 0 Å². The Kier molecular flexibility index (Phi) is 25.6. The van der Waals surface area contributed by atoms with E-state index in [1.165, 1.54) is 64.2 Å². The fourth-order valence-electron chi connectivity index (χ4n) is 3.82. The molecule has 0 aromatic carbocycles. The molecule has 0 aromatic heterocycles. The van der Waals surface area contributed by atoms with Crippen LogP contribution in [0.4, 0.5) is 0 Å². The summed E-state index contributed by atoms with van der Waals surface area (Å²) in [7, 11) is -4.23. The second-order valence-electron chi connectivity index (χ2n) is 8.52. The van der Waals surface area contributed by atoms with Gasteiger partial charge in [0.2, 0.25) is 0 Å². The molecule has 0 aliphatic rings. The molecule has 0 aromatic rings. The van der Waals surface area contributed by atoms with E-state index < -0.39 is 15.4 Å². The quantitative estimate of drug-likeness (QED) is 0.162. The van der Waals surface area contributed by atoms with Crippen LogP contribution in [0.5, 0.6) is 0 Å². The first kappa shape index (κ1) is 32.7. The van der Waals surface area contributed by atoms with E-state index in [1.54, 1.807) is 0 Å². The molecule has 0 fully saturated rings. The summed E-state index contributed by atoms with van der Waals surface area (Å²) in [6.07, 6.45) is 19.1. The molecule has 0 rings (SSSR count). The second kappa shape index (κ2) is 22.7. The van der Waals surface area contributed by atoms with Crippen LogP contribution in [0, 0.1) is 0 Å². The first-order chi connectivity index (χ1) is 13.4. The number of rotatable bonds is 21. The van der Waals surface area contributed by atoms with Gasteiger partial charge in [0.05, 0.1) is 16.2 Å². The SMILES string of the molecule is CCCCCCCCCCC(O)CCCC(CCCCCCCC)S(=O)(=O)[O-].[K+]. The van der Waals surface area contributed by atoms with E-state index in [9.17, 15) is 18.1 Å². The Morgan fingerprint density at radius 2 is 0.966 bits per heavy atom. The molecule has 4 nitrogen and oxygen atoms in total. The third-order valence-corrected chi connectivity index (χ3v) is 7.03. The minimum absolute atomic E-state index is 0. The van der Waals surface area contributed by atoms with Gasteiger partial charge in [0, 0.05) is 5.25 Å². The van der Waals surface area contributed by atoms with Crippen molar-refractivity contribution in [2.45, 2.75) is 147 Å². The van der Waals surface area contributed by atoms with Crippen molar-refractivity contribution in [2.75, 3.05) is 0 Å². The summed E-state index contributed by atoms with van der Waals surface area (Å²) < 4.78 is 34.5. The molecule has 0 amide bonds. The summed E-state index contributed by atoms with van der Waals surface area (Å²) in [5.41, 5.74) is 0. The van der Waals surface area contributed by atoms with Crippen molar-refractivity contribution >= 4 is 10.1 Å². The minimum Gasteiger partial charge on any atom is -0.748 e.